The Labute approximate surface area is 104 Å². The molecule has 1 heteroatoms. The van der Waals surface area contributed by atoms with Crippen molar-refractivity contribution in [3.05, 3.63) is 35.4 Å². The van der Waals surface area contributed by atoms with E-state index < -0.39 is 0 Å². The number of aryl methyl sites for hydroxylation is 1. The lowest BCUT2D eigenvalue weighted by atomic mass is 9.48. The van der Waals surface area contributed by atoms with Gasteiger partial charge in [-0.15, -0.1) is 0 Å². The fourth-order valence-corrected chi connectivity index (χ4v) is 4.26. The maximum Gasteiger partial charge on any atom is 0.0133 e. The highest BCUT2D eigenvalue weighted by atomic mass is 14.8. The first-order valence-electron chi connectivity index (χ1n) is 7.02. The van der Waals surface area contributed by atoms with E-state index >= 15 is 0 Å². The van der Waals surface area contributed by atoms with Crippen molar-refractivity contribution in [1.29, 1.82) is 0 Å². The predicted octanol–water partition coefficient (Wildman–Crippen LogP) is 3.48. The molecule has 3 rings (SSSR count). The highest BCUT2D eigenvalue weighted by Gasteiger charge is 2.56. The van der Waals surface area contributed by atoms with E-state index in [0.717, 1.165) is 5.92 Å². The van der Waals surface area contributed by atoms with Gasteiger partial charge in [0, 0.05) is 6.04 Å². The van der Waals surface area contributed by atoms with Crippen molar-refractivity contribution in [2.45, 2.75) is 51.5 Å². The van der Waals surface area contributed by atoms with Crippen LogP contribution in [0.25, 0.3) is 0 Å². The molecule has 4 atom stereocenters. The summed E-state index contributed by atoms with van der Waals surface area (Å²) in [6.07, 6.45) is 5.07. The molecule has 1 fully saturated rings. The van der Waals surface area contributed by atoms with Crippen LogP contribution in [0, 0.1) is 11.3 Å². The lowest BCUT2D eigenvalue weighted by Crippen LogP contribution is -2.61. The van der Waals surface area contributed by atoms with Crippen molar-refractivity contribution in [3.8, 4) is 0 Å². The Balaban J connectivity index is 2.06. The Kier molecular flexibility index (Phi) is 2.55. The maximum atomic E-state index is 6.45. The lowest BCUT2D eigenvalue weighted by molar-refractivity contribution is -0.0103. The van der Waals surface area contributed by atoms with E-state index in [1.807, 2.05) is 0 Å². The van der Waals surface area contributed by atoms with E-state index in [0.29, 0.717) is 17.4 Å². The standard InChI is InChI=1S/C16H23N/c1-3-16(2)14-12-9-5-4-7-11(12)8-6-10-13(14)15(16)17/h4-5,7,9,13-15H,3,6,8,10,17H2,1-2H3. The third kappa shape index (κ3) is 1.41. The van der Waals surface area contributed by atoms with Gasteiger partial charge in [-0.05, 0) is 54.1 Å². The van der Waals surface area contributed by atoms with Crippen molar-refractivity contribution >= 4 is 0 Å². The van der Waals surface area contributed by atoms with Gasteiger partial charge in [0.2, 0.25) is 0 Å². The van der Waals surface area contributed by atoms with E-state index in [9.17, 15) is 0 Å². The van der Waals surface area contributed by atoms with E-state index in [4.69, 9.17) is 5.73 Å². The number of rotatable bonds is 1. The molecule has 1 nitrogen and oxygen atoms in total. The van der Waals surface area contributed by atoms with E-state index in [2.05, 4.69) is 38.1 Å². The average molecular weight is 229 g/mol. The SMILES string of the molecule is CCC1(C)C(N)C2CCCc3ccccc3C21. The molecule has 0 aliphatic heterocycles. The van der Waals surface area contributed by atoms with Gasteiger partial charge in [0.1, 0.15) is 0 Å². The summed E-state index contributed by atoms with van der Waals surface area (Å²) in [5, 5.41) is 0. The summed E-state index contributed by atoms with van der Waals surface area (Å²) in [7, 11) is 0. The number of nitrogens with two attached hydrogens (primary N) is 1. The van der Waals surface area contributed by atoms with Gasteiger partial charge in [0.05, 0.1) is 0 Å². The summed E-state index contributed by atoms with van der Waals surface area (Å²) in [5.41, 5.74) is 9.95. The summed E-state index contributed by atoms with van der Waals surface area (Å²) < 4.78 is 0. The van der Waals surface area contributed by atoms with Crippen LogP contribution in [0.5, 0.6) is 0 Å². The molecular weight excluding hydrogens is 206 g/mol. The highest BCUT2D eigenvalue weighted by molar-refractivity contribution is 5.38. The molecule has 1 aromatic carbocycles. The molecule has 1 saturated carbocycles. The largest absolute Gasteiger partial charge is 0.327 e. The van der Waals surface area contributed by atoms with E-state index in [1.165, 1.54) is 25.7 Å². The number of benzene rings is 1. The topological polar surface area (TPSA) is 26.0 Å². The molecule has 0 aromatic heterocycles. The molecule has 0 heterocycles. The van der Waals surface area contributed by atoms with Crippen molar-refractivity contribution in [1.82, 2.24) is 0 Å². The molecule has 0 saturated heterocycles. The Morgan fingerprint density at radius 3 is 2.88 bits per heavy atom. The van der Waals surface area contributed by atoms with Crippen LogP contribution >= 0.6 is 0 Å². The molecule has 92 valence electrons. The van der Waals surface area contributed by atoms with Gasteiger partial charge in [0.15, 0.2) is 0 Å². The molecule has 0 amide bonds. The molecular formula is C16H23N. The summed E-state index contributed by atoms with van der Waals surface area (Å²) in [6, 6.07) is 9.45. The van der Waals surface area contributed by atoms with Crippen LogP contribution in [0.15, 0.2) is 24.3 Å². The zero-order valence-corrected chi connectivity index (χ0v) is 10.9. The van der Waals surface area contributed by atoms with Crippen molar-refractivity contribution in [2.24, 2.45) is 17.1 Å². The quantitative estimate of drug-likeness (QED) is 0.784. The number of hydrogen-bond donors (Lipinski definition) is 1. The van der Waals surface area contributed by atoms with Crippen LogP contribution in [0.1, 0.15) is 50.2 Å². The second-order valence-electron chi connectivity index (χ2n) is 6.12. The van der Waals surface area contributed by atoms with Crippen LogP contribution in [-0.2, 0) is 6.42 Å². The first kappa shape index (κ1) is 11.3. The fraction of sp³-hybridized carbons (Fsp3) is 0.625. The van der Waals surface area contributed by atoms with Gasteiger partial charge in [-0.2, -0.15) is 0 Å². The second kappa shape index (κ2) is 3.84. The number of fused-ring (bicyclic) bond motifs is 3. The van der Waals surface area contributed by atoms with Crippen molar-refractivity contribution in [2.75, 3.05) is 0 Å². The maximum absolute atomic E-state index is 6.45. The van der Waals surface area contributed by atoms with Gasteiger partial charge in [-0.3, -0.25) is 0 Å². The van der Waals surface area contributed by atoms with Crippen LogP contribution in [0.2, 0.25) is 0 Å². The monoisotopic (exact) mass is 229 g/mol. The van der Waals surface area contributed by atoms with Gasteiger partial charge in [-0.25, -0.2) is 0 Å². The summed E-state index contributed by atoms with van der Waals surface area (Å²) in [4.78, 5) is 0. The van der Waals surface area contributed by atoms with Crippen LogP contribution in [-0.4, -0.2) is 6.04 Å². The molecule has 17 heavy (non-hydrogen) atoms. The Morgan fingerprint density at radius 1 is 1.35 bits per heavy atom. The zero-order chi connectivity index (χ0) is 12.0. The Morgan fingerprint density at radius 2 is 2.12 bits per heavy atom. The Bertz CT molecular complexity index is 425. The zero-order valence-electron chi connectivity index (χ0n) is 10.9. The van der Waals surface area contributed by atoms with E-state index in [-0.39, 0.29) is 0 Å². The smallest absolute Gasteiger partial charge is 0.0133 e. The van der Waals surface area contributed by atoms with Gasteiger partial charge >= 0.3 is 0 Å². The molecule has 2 N–H and O–H groups in total. The number of hydrogen-bond acceptors (Lipinski definition) is 1. The highest BCUT2D eigenvalue weighted by Crippen LogP contribution is 2.60. The molecule has 4 unspecified atom stereocenters. The molecule has 1 aromatic rings. The minimum atomic E-state index is 0.325. The van der Waals surface area contributed by atoms with Gasteiger partial charge in [-0.1, -0.05) is 38.1 Å². The first-order valence-corrected chi connectivity index (χ1v) is 7.02. The second-order valence-corrected chi connectivity index (χ2v) is 6.12. The first-order chi connectivity index (χ1) is 8.18. The summed E-state index contributed by atoms with van der Waals surface area (Å²) in [5.74, 6) is 1.43. The summed E-state index contributed by atoms with van der Waals surface area (Å²) >= 11 is 0. The van der Waals surface area contributed by atoms with E-state index in [1.54, 1.807) is 11.1 Å². The van der Waals surface area contributed by atoms with Crippen molar-refractivity contribution in [3.63, 3.8) is 0 Å². The minimum Gasteiger partial charge on any atom is -0.327 e. The third-order valence-electron chi connectivity index (χ3n) is 5.50. The predicted molar refractivity (Wildman–Crippen MR) is 72.0 cm³/mol. The molecule has 2 aliphatic carbocycles. The van der Waals surface area contributed by atoms with Crippen LogP contribution in [0.4, 0.5) is 0 Å². The molecule has 0 radical (unpaired) electrons. The fourth-order valence-electron chi connectivity index (χ4n) is 4.26. The van der Waals surface area contributed by atoms with Crippen molar-refractivity contribution < 1.29 is 0 Å². The Hall–Kier alpha value is -0.820. The average Bonchev–Trinajstić information content (AvgIpc) is 2.55. The normalized spacial score (nSPS) is 39.8. The molecule has 2 aliphatic rings. The minimum absolute atomic E-state index is 0.325. The van der Waals surface area contributed by atoms with Gasteiger partial charge < -0.3 is 5.73 Å². The van der Waals surface area contributed by atoms with Crippen LogP contribution < -0.4 is 5.73 Å². The summed E-state index contributed by atoms with van der Waals surface area (Å²) in [6.45, 7) is 4.69. The lowest BCUT2D eigenvalue weighted by Gasteiger charge is -2.59. The third-order valence-corrected chi connectivity index (χ3v) is 5.50. The van der Waals surface area contributed by atoms with Crippen LogP contribution in [0.3, 0.4) is 0 Å². The van der Waals surface area contributed by atoms with Gasteiger partial charge in [0.25, 0.3) is 0 Å². The molecule has 0 bridgehead atoms. The molecule has 0 spiro atoms.